The van der Waals surface area contributed by atoms with Crippen molar-refractivity contribution in [1.82, 2.24) is 4.98 Å². The number of hydrogen-bond donors (Lipinski definition) is 1. The molecule has 1 aromatic rings. The van der Waals surface area contributed by atoms with Crippen LogP contribution in [-0.4, -0.2) is 22.5 Å². The van der Waals surface area contributed by atoms with Crippen LogP contribution >= 0.6 is 0 Å². The molecule has 0 aliphatic heterocycles. The minimum atomic E-state index is -0.546. The number of carbonyl (C=O) groups excluding carboxylic acids is 1. The molecule has 6 nitrogen and oxygen atoms in total. The first-order valence-electron chi connectivity index (χ1n) is 5.15. The normalized spacial score (nSPS) is 10.8. The molecule has 0 bridgehead atoms. The Balaban J connectivity index is 3.10. The van der Waals surface area contributed by atoms with E-state index in [2.05, 4.69) is 4.98 Å². The van der Waals surface area contributed by atoms with Gasteiger partial charge in [0.2, 0.25) is 6.20 Å². The Bertz CT molecular complexity index is 474. The molecule has 1 N–H and O–H groups in total. The summed E-state index contributed by atoms with van der Waals surface area (Å²) in [4.78, 5) is 24.1. The maximum Gasteiger partial charge on any atom is 0.355 e. The molecule has 1 aromatic heterocycles. The topological polar surface area (TPSA) is 85.2 Å². The molecule has 0 atom stereocenters. The summed E-state index contributed by atoms with van der Waals surface area (Å²) in [5.74, 6) is -0.450. The van der Waals surface area contributed by atoms with Gasteiger partial charge in [0.15, 0.2) is 0 Å². The fourth-order valence-corrected chi connectivity index (χ4v) is 1.56. The van der Waals surface area contributed by atoms with Crippen molar-refractivity contribution in [3.05, 3.63) is 38.8 Å². The Labute approximate surface area is 98.4 Å². The van der Waals surface area contributed by atoms with Crippen LogP contribution in [0.2, 0.25) is 0 Å². The highest BCUT2D eigenvalue weighted by atomic mass is 16.6. The molecule has 0 fully saturated rings. The number of aromatic nitrogens is 1. The summed E-state index contributed by atoms with van der Waals surface area (Å²) in [6.45, 7) is 5.47. The third-order valence-corrected chi connectivity index (χ3v) is 2.34. The highest BCUT2D eigenvalue weighted by Crippen LogP contribution is 2.20. The van der Waals surface area contributed by atoms with Gasteiger partial charge in [0.25, 0.3) is 0 Å². The number of nitrogens with zero attached hydrogens (tertiary/aromatic N) is 1. The Morgan fingerprint density at radius 1 is 1.53 bits per heavy atom. The van der Waals surface area contributed by atoms with Crippen molar-refractivity contribution in [2.45, 2.75) is 20.8 Å². The number of hydrogen-bond acceptors (Lipinski definition) is 4. The molecule has 0 unspecified atom stereocenters. The zero-order valence-corrected chi connectivity index (χ0v) is 9.94. The molecule has 0 aromatic carbocycles. The number of nitro groups is 1. The van der Waals surface area contributed by atoms with Crippen molar-refractivity contribution in [3.63, 3.8) is 0 Å². The maximum absolute atomic E-state index is 11.6. The minimum absolute atomic E-state index is 0.288. The molecule has 1 rings (SSSR count). The van der Waals surface area contributed by atoms with E-state index >= 15 is 0 Å². The summed E-state index contributed by atoms with van der Waals surface area (Å²) in [7, 11) is 0. The number of esters is 1. The van der Waals surface area contributed by atoms with Crippen LogP contribution in [0.25, 0.3) is 6.08 Å². The number of aromatic amines is 1. The van der Waals surface area contributed by atoms with Gasteiger partial charge in [-0.25, -0.2) is 4.79 Å². The van der Waals surface area contributed by atoms with Crippen LogP contribution in [0.3, 0.4) is 0 Å². The number of nitrogens with one attached hydrogen (secondary N) is 1. The number of H-pyrrole nitrogens is 1. The second kappa shape index (κ2) is 5.29. The molecule has 6 heteroatoms. The van der Waals surface area contributed by atoms with E-state index in [1.165, 1.54) is 6.08 Å². The molecular weight excluding hydrogens is 224 g/mol. The number of carbonyl (C=O) groups is 1. The van der Waals surface area contributed by atoms with Crippen LogP contribution in [0.1, 0.15) is 34.2 Å². The fourth-order valence-electron chi connectivity index (χ4n) is 1.56. The Kier molecular flexibility index (Phi) is 4.03. The van der Waals surface area contributed by atoms with E-state index in [1.54, 1.807) is 20.8 Å². The van der Waals surface area contributed by atoms with Gasteiger partial charge < -0.3 is 9.72 Å². The summed E-state index contributed by atoms with van der Waals surface area (Å²) in [6, 6.07) is 0. The lowest BCUT2D eigenvalue weighted by atomic mass is 10.1. The summed E-state index contributed by atoms with van der Waals surface area (Å²) >= 11 is 0. The van der Waals surface area contributed by atoms with Gasteiger partial charge in [-0.3, -0.25) is 10.1 Å². The van der Waals surface area contributed by atoms with Gasteiger partial charge in [0, 0.05) is 17.3 Å². The standard InChI is InChI=1S/C11H14N2O4/c1-4-17-11(14)10-7(2)9(8(3)12-10)5-6-13(15)16/h5-6,12H,4H2,1-3H3. The number of rotatable bonds is 4. The van der Waals surface area contributed by atoms with E-state index in [1.807, 2.05) is 0 Å². The summed E-state index contributed by atoms with van der Waals surface area (Å²) < 4.78 is 4.87. The van der Waals surface area contributed by atoms with E-state index < -0.39 is 10.9 Å². The van der Waals surface area contributed by atoms with Gasteiger partial charge in [-0.1, -0.05) is 0 Å². The first-order chi connectivity index (χ1) is 7.97. The Morgan fingerprint density at radius 3 is 2.71 bits per heavy atom. The first-order valence-corrected chi connectivity index (χ1v) is 5.15. The third kappa shape index (κ3) is 2.93. The summed E-state index contributed by atoms with van der Waals surface area (Å²) in [6.07, 6.45) is 2.21. The fraction of sp³-hybridized carbons (Fsp3) is 0.364. The molecule has 0 radical (unpaired) electrons. The molecular formula is C11H14N2O4. The van der Waals surface area contributed by atoms with E-state index in [0.717, 1.165) is 6.20 Å². The van der Waals surface area contributed by atoms with Crippen LogP contribution in [-0.2, 0) is 4.74 Å². The van der Waals surface area contributed by atoms with Crippen LogP contribution in [0.5, 0.6) is 0 Å². The largest absolute Gasteiger partial charge is 0.461 e. The van der Waals surface area contributed by atoms with Crippen LogP contribution < -0.4 is 0 Å². The first kappa shape index (κ1) is 13.0. The molecule has 0 saturated carbocycles. The van der Waals surface area contributed by atoms with Crippen LogP contribution in [0.4, 0.5) is 0 Å². The SMILES string of the molecule is CCOC(=O)c1[nH]c(C)c(C=C[N+](=O)[O-])c1C. The molecule has 0 amide bonds. The van der Waals surface area contributed by atoms with E-state index in [0.29, 0.717) is 22.5 Å². The predicted molar refractivity (Wildman–Crippen MR) is 62.3 cm³/mol. The molecule has 0 aliphatic carbocycles. The molecule has 92 valence electrons. The van der Waals surface area contributed by atoms with Crippen molar-refractivity contribution < 1.29 is 14.5 Å². The highest BCUT2D eigenvalue weighted by Gasteiger charge is 2.17. The zero-order valence-electron chi connectivity index (χ0n) is 9.94. The van der Waals surface area contributed by atoms with E-state index in [-0.39, 0.29) is 6.61 Å². The van der Waals surface area contributed by atoms with Gasteiger partial charge >= 0.3 is 5.97 Å². The predicted octanol–water partition coefficient (Wildman–Crippen LogP) is 2.06. The molecule has 0 saturated heterocycles. The Hall–Kier alpha value is -2.11. The summed E-state index contributed by atoms with van der Waals surface area (Å²) in [5.41, 5.74) is 2.33. The quantitative estimate of drug-likeness (QED) is 0.494. The summed E-state index contributed by atoms with van der Waals surface area (Å²) in [5, 5.41) is 10.3. The molecule has 17 heavy (non-hydrogen) atoms. The van der Waals surface area contributed by atoms with Crippen LogP contribution in [0.15, 0.2) is 6.20 Å². The van der Waals surface area contributed by atoms with Crippen molar-refractivity contribution in [2.24, 2.45) is 0 Å². The highest BCUT2D eigenvalue weighted by molar-refractivity contribution is 5.90. The lowest BCUT2D eigenvalue weighted by Gasteiger charge is -1.99. The van der Waals surface area contributed by atoms with Gasteiger partial charge in [0.1, 0.15) is 5.69 Å². The number of ether oxygens (including phenoxy) is 1. The second-order valence-corrected chi connectivity index (χ2v) is 3.49. The van der Waals surface area contributed by atoms with Gasteiger partial charge in [-0.05, 0) is 26.3 Å². The molecule has 1 heterocycles. The lowest BCUT2D eigenvalue weighted by molar-refractivity contribution is -0.400. The monoisotopic (exact) mass is 238 g/mol. The molecule has 0 aliphatic rings. The van der Waals surface area contributed by atoms with Crippen molar-refractivity contribution in [1.29, 1.82) is 0 Å². The average molecular weight is 238 g/mol. The third-order valence-electron chi connectivity index (χ3n) is 2.34. The smallest absolute Gasteiger partial charge is 0.355 e. The molecule has 0 spiro atoms. The zero-order chi connectivity index (χ0) is 13.0. The minimum Gasteiger partial charge on any atom is -0.461 e. The second-order valence-electron chi connectivity index (χ2n) is 3.49. The lowest BCUT2D eigenvalue weighted by Crippen LogP contribution is -2.06. The maximum atomic E-state index is 11.6. The Morgan fingerprint density at radius 2 is 2.18 bits per heavy atom. The van der Waals surface area contributed by atoms with Crippen molar-refractivity contribution in [3.8, 4) is 0 Å². The van der Waals surface area contributed by atoms with Gasteiger partial charge in [-0.2, -0.15) is 0 Å². The van der Waals surface area contributed by atoms with Crippen molar-refractivity contribution in [2.75, 3.05) is 6.61 Å². The van der Waals surface area contributed by atoms with E-state index in [9.17, 15) is 14.9 Å². The van der Waals surface area contributed by atoms with E-state index in [4.69, 9.17) is 4.74 Å². The van der Waals surface area contributed by atoms with Crippen LogP contribution in [0, 0.1) is 24.0 Å². The van der Waals surface area contributed by atoms with Gasteiger partial charge in [-0.15, -0.1) is 0 Å². The van der Waals surface area contributed by atoms with Gasteiger partial charge in [0.05, 0.1) is 11.5 Å². The number of aryl methyl sites for hydroxylation is 1. The average Bonchev–Trinajstić information content (AvgIpc) is 2.52. The van der Waals surface area contributed by atoms with Crippen molar-refractivity contribution >= 4 is 12.0 Å².